The molecule has 0 aliphatic carbocycles. The zero-order valence-electron chi connectivity index (χ0n) is 10.1. The van der Waals surface area contributed by atoms with E-state index >= 15 is 0 Å². The number of esters is 1. The van der Waals surface area contributed by atoms with Crippen LogP contribution in [0.25, 0.3) is 0 Å². The number of piperidine rings is 1. The summed E-state index contributed by atoms with van der Waals surface area (Å²) < 4.78 is 5.49. The van der Waals surface area contributed by atoms with Gasteiger partial charge in [-0.1, -0.05) is 25.1 Å². The van der Waals surface area contributed by atoms with Crippen molar-refractivity contribution in [3.05, 3.63) is 35.4 Å². The summed E-state index contributed by atoms with van der Waals surface area (Å²) in [6.07, 6.45) is 2.23. The van der Waals surface area contributed by atoms with Gasteiger partial charge in [-0.3, -0.25) is 4.90 Å². The average Bonchev–Trinajstić information content (AvgIpc) is 2.69. The van der Waals surface area contributed by atoms with Gasteiger partial charge in [0.25, 0.3) is 0 Å². The molecule has 0 bridgehead atoms. The molecule has 2 heterocycles. The third-order valence-electron chi connectivity index (χ3n) is 3.82. The van der Waals surface area contributed by atoms with Crippen LogP contribution in [-0.4, -0.2) is 24.0 Å². The van der Waals surface area contributed by atoms with E-state index in [1.165, 1.54) is 12.8 Å². The molecule has 0 amide bonds. The van der Waals surface area contributed by atoms with Crippen LogP contribution in [0.5, 0.6) is 0 Å². The lowest BCUT2D eigenvalue weighted by Gasteiger charge is -2.33. The highest BCUT2D eigenvalue weighted by Crippen LogP contribution is 2.35. The molecule has 0 unspecified atom stereocenters. The minimum absolute atomic E-state index is 0.147. The lowest BCUT2D eigenvalue weighted by molar-refractivity contribution is -0.0347. The van der Waals surface area contributed by atoms with Crippen molar-refractivity contribution in [1.82, 2.24) is 4.90 Å². The molecule has 0 N–H and O–H groups in total. The van der Waals surface area contributed by atoms with Crippen LogP contribution in [0, 0.1) is 5.92 Å². The summed E-state index contributed by atoms with van der Waals surface area (Å²) in [5.41, 5.74) is 1.77. The number of hydrogen-bond acceptors (Lipinski definition) is 3. The van der Waals surface area contributed by atoms with E-state index in [0.717, 1.165) is 30.1 Å². The molecule has 1 aromatic carbocycles. The van der Waals surface area contributed by atoms with Crippen LogP contribution in [0.2, 0.25) is 0 Å². The number of carbonyl (C=O) groups excluding carboxylic acids is 1. The molecule has 0 saturated carbocycles. The minimum atomic E-state index is -0.177. The maximum Gasteiger partial charge on any atom is 0.340 e. The number of fused-ring (bicyclic) bond motifs is 1. The van der Waals surface area contributed by atoms with Crippen molar-refractivity contribution in [2.75, 3.05) is 13.1 Å². The van der Waals surface area contributed by atoms with E-state index in [4.69, 9.17) is 4.74 Å². The second kappa shape index (κ2) is 4.15. The molecular formula is C14H17NO2. The van der Waals surface area contributed by atoms with E-state index in [1.54, 1.807) is 0 Å². The Labute approximate surface area is 101 Å². The first-order valence-electron chi connectivity index (χ1n) is 6.29. The molecule has 90 valence electrons. The van der Waals surface area contributed by atoms with Crippen molar-refractivity contribution in [3.63, 3.8) is 0 Å². The Morgan fingerprint density at radius 1 is 1.24 bits per heavy atom. The molecule has 0 radical (unpaired) electrons. The van der Waals surface area contributed by atoms with Gasteiger partial charge in [-0.2, -0.15) is 0 Å². The maximum atomic E-state index is 11.7. The number of cyclic esters (lactones) is 1. The van der Waals surface area contributed by atoms with Gasteiger partial charge < -0.3 is 4.74 Å². The molecular weight excluding hydrogens is 214 g/mol. The Kier molecular flexibility index (Phi) is 2.63. The third kappa shape index (κ3) is 1.84. The molecule has 1 aromatic rings. The normalized spacial score (nSPS) is 25.7. The van der Waals surface area contributed by atoms with Crippen LogP contribution >= 0.6 is 0 Å². The molecule has 0 spiro atoms. The lowest BCUT2D eigenvalue weighted by atomic mass is 9.98. The Morgan fingerprint density at radius 3 is 2.71 bits per heavy atom. The zero-order valence-corrected chi connectivity index (χ0v) is 10.1. The van der Waals surface area contributed by atoms with Gasteiger partial charge in [-0.25, -0.2) is 4.79 Å². The van der Waals surface area contributed by atoms with Crippen LogP contribution in [0.15, 0.2) is 24.3 Å². The molecule has 1 fully saturated rings. The molecule has 0 aromatic heterocycles. The van der Waals surface area contributed by atoms with Gasteiger partial charge in [-0.15, -0.1) is 0 Å². The molecule has 17 heavy (non-hydrogen) atoms. The van der Waals surface area contributed by atoms with Crippen LogP contribution in [0.1, 0.15) is 41.9 Å². The summed E-state index contributed by atoms with van der Waals surface area (Å²) in [5, 5.41) is 0. The van der Waals surface area contributed by atoms with E-state index in [9.17, 15) is 4.79 Å². The molecule has 3 nitrogen and oxygen atoms in total. The summed E-state index contributed by atoms with van der Waals surface area (Å²) in [5.74, 6) is 0.614. The second-order valence-electron chi connectivity index (χ2n) is 5.06. The number of nitrogens with zero attached hydrogens (tertiary/aromatic N) is 1. The highest BCUT2D eigenvalue weighted by Gasteiger charge is 2.35. The summed E-state index contributed by atoms with van der Waals surface area (Å²) in [7, 11) is 0. The van der Waals surface area contributed by atoms with Crippen molar-refractivity contribution in [3.8, 4) is 0 Å². The quantitative estimate of drug-likeness (QED) is 0.696. The van der Waals surface area contributed by atoms with Crippen molar-refractivity contribution in [1.29, 1.82) is 0 Å². The number of hydrogen-bond donors (Lipinski definition) is 0. The van der Waals surface area contributed by atoms with E-state index in [2.05, 4.69) is 11.8 Å². The van der Waals surface area contributed by atoms with E-state index in [0.29, 0.717) is 0 Å². The van der Waals surface area contributed by atoms with Crippen LogP contribution in [0.4, 0.5) is 0 Å². The van der Waals surface area contributed by atoms with Crippen molar-refractivity contribution in [2.24, 2.45) is 5.92 Å². The molecule has 1 atom stereocenters. The highest BCUT2D eigenvalue weighted by atomic mass is 16.6. The van der Waals surface area contributed by atoms with Gasteiger partial charge in [0.05, 0.1) is 5.56 Å². The Morgan fingerprint density at radius 2 is 1.94 bits per heavy atom. The molecule has 3 heteroatoms. The van der Waals surface area contributed by atoms with E-state index < -0.39 is 0 Å². The largest absolute Gasteiger partial charge is 0.438 e. The van der Waals surface area contributed by atoms with E-state index in [-0.39, 0.29) is 12.2 Å². The highest BCUT2D eigenvalue weighted by molar-refractivity contribution is 5.93. The minimum Gasteiger partial charge on any atom is -0.438 e. The Hall–Kier alpha value is -1.35. The van der Waals surface area contributed by atoms with Crippen molar-refractivity contribution in [2.45, 2.75) is 26.0 Å². The van der Waals surface area contributed by atoms with Gasteiger partial charge in [0.15, 0.2) is 6.23 Å². The fourth-order valence-electron chi connectivity index (χ4n) is 2.66. The SMILES string of the molecule is CC1CCN([C@@H]2OC(=O)c3ccccc32)CC1. The van der Waals surface area contributed by atoms with Gasteiger partial charge in [0, 0.05) is 18.7 Å². The van der Waals surface area contributed by atoms with Gasteiger partial charge >= 0.3 is 5.97 Å². The predicted molar refractivity (Wildman–Crippen MR) is 64.6 cm³/mol. The first-order chi connectivity index (χ1) is 8.25. The van der Waals surface area contributed by atoms with E-state index in [1.807, 2.05) is 24.3 Å². The molecule has 2 aliphatic heterocycles. The van der Waals surface area contributed by atoms with Crippen LogP contribution < -0.4 is 0 Å². The fraction of sp³-hybridized carbons (Fsp3) is 0.500. The zero-order chi connectivity index (χ0) is 11.8. The molecule has 2 aliphatic rings. The first-order valence-corrected chi connectivity index (χ1v) is 6.29. The van der Waals surface area contributed by atoms with Crippen molar-refractivity contribution >= 4 is 5.97 Å². The lowest BCUT2D eigenvalue weighted by Crippen LogP contribution is -2.36. The molecule has 3 rings (SSSR count). The number of likely N-dealkylation sites (tertiary alicyclic amines) is 1. The number of carbonyl (C=O) groups is 1. The summed E-state index contributed by atoms with van der Waals surface area (Å²) in [6.45, 7) is 4.33. The van der Waals surface area contributed by atoms with Crippen LogP contribution in [0.3, 0.4) is 0 Å². The topological polar surface area (TPSA) is 29.5 Å². The third-order valence-corrected chi connectivity index (χ3v) is 3.82. The van der Waals surface area contributed by atoms with Gasteiger partial charge in [0.1, 0.15) is 0 Å². The summed E-state index contributed by atoms with van der Waals surface area (Å²) in [6, 6.07) is 7.72. The van der Waals surface area contributed by atoms with Gasteiger partial charge in [-0.05, 0) is 24.8 Å². The Balaban J connectivity index is 1.84. The fourth-order valence-corrected chi connectivity index (χ4v) is 2.66. The summed E-state index contributed by atoms with van der Waals surface area (Å²) >= 11 is 0. The number of rotatable bonds is 1. The second-order valence-corrected chi connectivity index (χ2v) is 5.06. The van der Waals surface area contributed by atoms with Crippen LogP contribution in [-0.2, 0) is 4.74 Å². The summed E-state index contributed by atoms with van der Waals surface area (Å²) in [4.78, 5) is 14.0. The monoisotopic (exact) mass is 231 g/mol. The Bertz CT molecular complexity index is 436. The standard InChI is InChI=1S/C14H17NO2/c1-10-6-8-15(9-7-10)13-11-4-2-3-5-12(11)14(16)17-13/h2-5,10,13H,6-9H2,1H3/t13-/m1/s1. The first kappa shape index (κ1) is 10.8. The van der Waals surface area contributed by atoms with Crippen molar-refractivity contribution < 1.29 is 9.53 Å². The predicted octanol–water partition coefficient (Wildman–Crippen LogP) is 2.59. The van der Waals surface area contributed by atoms with Gasteiger partial charge in [0.2, 0.25) is 0 Å². The smallest absolute Gasteiger partial charge is 0.340 e. The molecule has 1 saturated heterocycles. The average molecular weight is 231 g/mol. The maximum absolute atomic E-state index is 11.7. The number of benzene rings is 1. The number of ether oxygens (including phenoxy) is 1.